The van der Waals surface area contributed by atoms with Crippen LogP contribution in [0.5, 0.6) is 0 Å². The lowest BCUT2D eigenvalue weighted by atomic mass is 10.1. The molecule has 1 aromatic carbocycles. The summed E-state index contributed by atoms with van der Waals surface area (Å²) in [7, 11) is 1.65. The molecule has 1 aromatic rings. The standard InChI is InChI=1S/C14H22N2O2/c1-3-4-5-12-6-8-13(9-7-12)15-14(18)16(2)10-11-17/h6-9,17H,3-5,10-11H2,1-2H3,(H,15,18). The second-order valence-electron chi connectivity index (χ2n) is 4.38. The van der Waals surface area contributed by atoms with Crippen molar-refractivity contribution in [3.05, 3.63) is 29.8 Å². The first-order chi connectivity index (χ1) is 8.67. The third-order valence-corrected chi connectivity index (χ3v) is 2.81. The zero-order valence-corrected chi connectivity index (χ0v) is 11.1. The number of unbranched alkanes of at least 4 members (excludes halogenated alkanes) is 1. The van der Waals surface area contributed by atoms with E-state index < -0.39 is 0 Å². The molecule has 0 bridgehead atoms. The van der Waals surface area contributed by atoms with Crippen molar-refractivity contribution in [1.82, 2.24) is 4.90 Å². The number of aliphatic hydroxyl groups excluding tert-OH is 1. The van der Waals surface area contributed by atoms with Crippen molar-refractivity contribution in [2.75, 3.05) is 25.5 Å². The lowest BCUT2D eigenvalue weighted by molar-refractivity contribution is 0.202. The summed E-state index contributed by atoms with van der Waals surface area (Å²) in [6.07, 6.45) is 3.45. The zero-order chi connectivity index (χ0) is 13.4. The van der Waals surface area contributed by atoms with Crippen LogP contribution in [0.1, 0.15) is 25.3 Å². The number of carbonyl (C=O) groups excluding carboxylic acids is 1. The highest BCUT2D eigenvalue weighted by molar-refractivity contribution is 5.89. The quantitative estimate of drug-likeness (QED) is 0.815. The fourth-order valence-corrected chi connectivity index (χ4v) is 1.61. The summed E-state index contributed by atoms with van der Waals surface area (Å²) < 4.78 is 0. The number of carbonyl (C=O) groups is 1. The summed E-state index contributed by atoms with van der Waals surface area (Å²) in [5.74, 6) is 0. The first-order valence-electron chi connectivity index (χ1n) is 6.39. The molecule has 1 rings (SSSR count). The lowest BCUT2D eigenvalue weighted by Gasteiger charge is -2.16. The molecule has 0 saturated heterocycles. The minimum atomic E-state index is -0.203. The molecule has 0 fully saturated rings. The van der Waals surface area contributed by atoms with Crippen LogP contribution in [0.15, 0.2) is 24.3 Å². The van der Waals surface area contributed by atoms with Crippen molar-refractivity contribution >= 4 is 11.7 Å². The van der Waals surface area contributed by atoms with Crippen molar-refractivity contribution in [2.24, 2.45) is 0 Å². The van der Waals surface area contributed by atoms with E-state index in [2.05, 4.69) is 12.2 Å². The Morgan fingerprint density at radius 1 is 1.33 bits per heavy atom. The van der Waals surface area contributed by atoms with Crippen LogP contribution in [0.2, 0.25) is 0 Å². The maximum Gasteiger partial charge on any atom is 0.321 e. The predicted octanol–water partition coefficient (Wildman–Crippen LogP) is 2.49. The molecular formula is C14H22N2O2. The van der Waals surface area contributed by atoms with E-state index >= 15 is 0 Å². The number of benzene rings is 1. The van der Waals surface area contributed by atoms with E-state index in [1.165, 1.54) is 23.3 Å². The van der Waals surface area contributed by atoms with Crippen molar-refractivity contribution < 1.29 is 9.90 Å². The topological polar surface area (TPSA) is 52.6 Å². The first-order valence-corrected chi connectivity index (χ1v) is 6.39. The summed E-state index contributed by atoms with van der Waals surface area (Å²) in [5.41, 5.74) is 2.07. The average molecular weight is 250 g/mol. The number of amides is 2. The summed E-state index contributed by atoms with van der Waals surface area (Å²) in [6, 6.07) is 7.70. The van der Waals surface area contributed by atoms with E-state index in [1.54, 1.807) is 7.05 Å². The number of hydrogen-bond donors (Lipinski definition) is 2. The number of likely N-dealkylation sites (N-methyl/N-ethyl adjacent to an activating group) is 1. The molecule has 0 atom stereocenters. The van der Waals surface area contributed by atoms with E-state index in [0.717, 1.165) is 12.1 Å². The molecule has 18 heavy (non-hydrogen) atoms. The summed E-state index contributed by atoms with van der Waals surface area (Å²) in [4.78, 5) is 13.1. The Hall–Kier alpha value is -1.55. The van der Waals surface area contributed by atoms with Crippen molar-refractivity contribution in [3.63, 3.8) is 0 Å². The van der Waals surface area contributed by atoms with Crippen LogP contribution in [0.3, 0.4) is 0 Å². The average Bonchev–Trinajstić information content (AvgIpc) is 2.38. The van der Waals surface area contributed by atoms with E-state index in [4.69, 9.17) is 5.11 Å². The highest BCUT2D eigenvalue weighted by atomic mass is 16.3. The summed E-state index contributed by atoms with van der Waals surface area (Å²) in [5, 5.41) is 11.5. The molecule has 4 nitrogen and oxygen atoms in total. The van der Waals surface area contributed by atoms with Crippen LogP contribution in [-0.4, -0.2) is 36.2 Å². The Bertz CT molecular complexity index is 363. The van der Waals surface area contributed by atoms with Gasteiger partial charge in [-0.25, -0.2) is 4.79 Å². The maximum atomic E-state index is 11.7. The normalized spacial score (nSPS) is 10.2. The van der Waals surface area contributed by atoms with Gasteiger partial charge in [-0.3, -0.25) is 0 Å². The number of urea groups is 1. The van der Waals surface area contributed by atoms with E-state index in [9.17, 15) is 4.79 Å². The fraction of sp³-hybridized carbons (Fsp3) is 0.500. The van der Waals surface area contributed by atoms with Gasteiger partial charge in [-0.15, -0.1) is 0 Å². The third kappa shape index (κ3) is 4.75. The second kappa shape index (κ2) is 7.71. The maximum absolute atomic E-state index is 11.7. The van der Waals surface area contributed by atoms with Gasteiger partial charge in [0.1, 0.15) is 0 Å². The molecule has 2 N–H and O–H groups in total. The number of aliphatic hydroxyl groups is 1. The van der Waals surface area contributed by atoms with Crippen molar-refractivity contribution in [1.29, 1.82) is 0 Å². The SMILES string of the molecule is CCCCc1ccc(NC(=O)N(C)CCO)cc1. The number of hydrogen-bond acceptors (Lipinski definition) is 2. The highest BCUT2D eigenvalue weighted by Gasteiger charge is 2.07. The summed E-state index contributed by atoms with van der Waals surface area (Å²) >= 11 is 0. The monoisotopic (exact) mass is 250 g/mol. The number of rotatable bonds is 6. The molecule has 0 heterocycles. The second-order valence-corrected chi connectivity index (χ2v) is 4.38. The number of aryl methyl sites for hydroxylation is 1. The Labute approximate surface area is 109 Å². The Kier molecular flexibility index (Phi) is 6.22. The van der Waals surface area contributed by atoms with Crippen molar-refractivity contribution in [2.45, 2.75) is 26.2 Å². The zero-order valence-electron chi connectivity index (χ0n) is 11.1. The van der Waals surface area contributed by atoms with Gasteiger partial charge >= 0.3 is 6.03 Å². The van der Waals surface area contributed by atoms with Gasteiger partial charge in [0, 0.05) is 19.3 Å². The highest BCUT2D eigenvalue weighted by Crippen LogP contribution is 2.12. The molecule has 4 heteroatoms. The van der Waals surface area contributed by atoms with Gasteiger partial charge in [-0.05, 0) is 30.5 Å². The van der Waals surface area contributed by atoms with Crippen LogP contribution in [0, 0.1) is 0 Å². The van der Waals surface area contributed by atoms with Crippen LogP contribution < -0.4 is 5.32 Å². The molecule has 0 unspecified atom stereocenters. The Morgan fingerprint density at radius 2 is 2.00 bits per heavy atom. The largest absolute Gasteiger partial charge is 0.395 e. The van der Waals surface area contributed by atoms with Gasteiger partial charge in [0.05, 0.1) is 6.61 Å². The molecule has 0 spiro atoms. The molecular weight excluding hydrogens is 228 g/mol. The van der Waals surface area contributed by atoms with Gasteiger partial charge in [0.25, 0.3) is 0 Å². The van der Waals surface area contributed by atoms with Crippen LogP contribution in [0.4, 0.5) is 10.5 Å². The molecule has 100 valence electrons. The van der Waals surface area contributed by atoms with Gasteiger partial charge < -0.3 is 15.3 Å². The van der Waals surface area contributed by atoms with E-state index in [-0.39, 0.29) is 12.6 Å². The van der Waals surface area contributed by atoms with Crippen LogP contribution in [0.25, 0.3) is 0 Å². The van der Waals surface area contributed by atoms with Gasteiger partial charge in [0.15, 0.2) is 0 Å². The molecule has 0 aliphatic heterocycles. The van der Waals surface area contributed by atoms with Gasteiger partial charge in [-0.1, -0.05) is 25.5 Å². The molecule has 0 aromatic heterocycles. The predicted molar refractivity (Wildman–Crippen MR) is 73.8 cm³/mol. The Balaban J connectivity index is 2.50. The third-order valence-electron chi connectivity index (χ3n) is 2.81. The molecule has 0 radical (unpaired) electrons. The Morgan fingerprint density at radius 3 is 2.56 bits per heavy atom. The van der Waals surface area contributed by atoms with Gasteiger partial charge in [0.2, 0.25) is 0 Å². The molecule has 0 aliphatic rings. The minimum absolute atomic E-state index is 0.0279. The van der Waals surface area contributed by atoms with Gasteiger partial charge in [-0.2, -0.15) is 0 Å². The molecule has 0 saturated carbocycles. The summed E-state index contributed by atoms with van der Waals surface area (Å²) in [6.45, 7) is 2.48. The van der Waals surface area contributed by atoms with Crippen LogP contribution in [-0.2, 0) is 6.42 Å². The number of anilines is 1. The van der Waals surface area contributed by atoms with Crippen LogP contribution >= 0.6 is 0 Å². The molecule has 0 aliphatic carbocycles. The number of nitrogens with one attached hydrogen (secondary N) is 1. The molecule has 2 amide bonds. The van der Waals surface area contributed by atoms with E-state index in [1.807, 2.05) is 24.3 Å². The smallest absolute Gasteiger partial charge is 0.321 e. The fourth-order valence-electron chi connectivity index (χ4n) is 1.61. The number of nitrogens with zero attached hydrogens (tertiary/aromatic N) is 1. The van der Waals surface area contributed by atoms with E-state index in [0.29, 0.717) is 6.54 Å². The first kappa shape index (κ1) is 14.5. The minimum Gasteiger partial charge on any atom is -0.395 e. The lowest BCUT2D eigenvalue weighted by Crippen LogP contribution is -2.33. The van der Waals surface area contributed by atoms with Crippen molar-refractivity contribution in [3.8, 4) is 0 Å².